The molecule has 4 nitrogen and oxygen atoms in total. The lowest BCUT2D eigenvalue weighted by Gasteiger charge is -2.08. The molecule has 1 saturated heterocycles. The molecule has 1 aliphatic rings. The van der Waals surface area contributed by atoms with Gasteiger partial charge in [-0.05, 0) is 30.7 Å². The molecular weight excluding hydrogens is 152 g/mol. The molecule has 12 heavy (non-hydrogen) atoms. The molecule has 1 fully saturated rings. The number of nitrogens with zero attached hydrogens (tertiary/aromatic N) is 3. The molecule has 70 valence electrons. The van der Waals surface area contributed by atoms with E-state index in [2.05, 4.69) is 17.7 Å². The van der Waals surface area contributed by atoms with Crippen molar-refractivity contribution in [3.63, 3.8) is 0 Å². The molecule has 0 atom stereocenters. The molecule has 1 heterocycles. The summed E-state index contributed by atoms with van der Waals surface area (Å²) < 4.78 is 0. The Hall–Kier alpha value is -0.820. The van der Waals surface area contributed by atoms with Crippen molar-refractivity contribution in [1.82, 2.24) is 5.01 Å². The lowest BCUT2D eigenvalue weighted by atomic mass is 10.2. The molecule has 1 rings (SSSR count). The molecule has 0 aliphatic carbocycles. The number of piperidine rings is 1. The highest BCUT2D eigenvalue weighted by molar-refractivity contribution is 4.64. The Morgan fingerprint density at radius 2 is 1.83 bits per heavy atom. The third-order valence-electron chi connectivity index (χ3n) is 1.81. The van der Waals surface area contributed by atoms with E-state index in [4.69, 9.17) is 5.39 Å². The number of rotatable bonds is 1. The zero-order valence-electron chi connectivity index (χ0n) is 8.00. The lowest BCUT2D eigenvalue weighted by molar-refractivity contribution is -0.367. The van der Waals surface area contributed by atoms with Crippen LogP contribution in [0, 0.1) is 5.39 Å². The molecular formula is C8H20N4+2. The van der Waals surface area contributed by atoms with Crippen molar-refractivity contribution >= 4 is 0 Å². The molecule has 0 saturated carbocycles. The second-order valence-electron chi connectivity index (χ2n) is 2.96. The van der Waals surface area contributed by atoms with Crippen LogP contribution in [0.5, 0.6) is 0 Å². The molecule has 0 amide bonds. The fourth-order valence-electron chi connectivity index (χ4n) is 0.967. The zero-order chi connectivity index (χ0) is 9.23. The first-order valence-corrected chi connectivity index (χ1v) is 4.74. The van der Waals surface area contributed by atoms with Crippen molar-refractivity contribution in [3.05, 3.63) is 5.08 Å². The number of quaternary nitrogens is 1. The van der Waals surface area contributed by atoms with Crippen LogP contribution in [0.15, 0.2) is 0 Å². The van der Waals surface area contributed by atoms with Gasteiger partial charge in [-0.3, -0.25) is 0 Å². The van der Waals surface area contributed by atoms with E-state index in [1.165, 1.54) is 25.7 Å². The Kier molecular flexibility index (Phi) is 7.71. The topological polar surface area (TPSA) is 59.0 Å². The Balaban J connectivity index is 0.000000261. The van der Waals surface area contributed by atoms with Gasteiger partial charge in [0.25, 0.3) is 5.39 Å². The maximum absolute atomic E-state index is 8.24. The standard InChI is InChI=1S/C5H10N3.C3H9N/c6-7-8-4-2-1-3-5-8;1-2-3-4/h1-5H2;2-4H2,1H3/q+1;/p+1. The largest absolute Gasteiger partial charge is 0.358 e. The SMILES string of the molecule is CCC[NH3+].N#[N+]N1CCCCC1. The van der Waals surface area contributed by atoms with Crippen molar-refractivity contribution in [2.75, 3.05) is 19.6 Å². The van der Waals surface area contributed by atoms with Gasteiger partial charge in [-0.25, -0.2) is 0 Å². The van der Waals surface area contributed by atoms with Gasteiger partial charge in [0.15, 0.2) is 0 Å². The minimum absolute atomic E-state index is 0.927. The van der Waals surface area contributed by atoms with Crippen LogP contribution in [0.4, 0.5) is 0 Å². The van der Waals surface area contributed by atoms with E-state index in [-0.39, 0.29) is 0 Å². The van der Waals surface area contributed by atoms with Gasteiger partial charge in [0.05, 0.1) is 19.6 Å². The monoisotopic (exact) mass is 172 g/mol. The summed E-state index contributed by atoms with van der Waals surface area (Å²) in [6.45, 7) is 5.04. The van der Waals surface area contributed by atoms with Gasteiger partial charge in [-0.1, -0.05) is 6.92 Å². The molecule has 0 spiro atoms. The summed E-state index contributed by atoms with van der Waals surface area (Å²) in [5.41, 5.74) is 3.60. The summed E-state index contributed by atoms with van der Waals surface area (Å²) >= 11 is 0. The summed E-state index contributed by atoms with van der Waals surface area (Å²) in [7, 11) is 0. The van der Waals surface area contributed by atoms with E-state index < -0.39 is 0 Å². The van der Waals surface area contributed by atoms with Crippen LogP contribution in [0.2, 0.25) is 0 Å². The van der Waals surface area contributed by atoms with Crippen LogP contribution in [-0.2, 0) is 0 Å². The minimum Gasteiger partial charge on any atom is -0.358 e. The predicted molar refractivity (Wildman–Crippen MR) is 48.6 cm³/mol. The smallest absolute Gasteiger partial charge is 0.305 e. The van der Waals surface area contributed by atoms with E-state index in [1.807, 2.05) is 0 Å². The Bertz CT molecular complexity index is 122. The number of diazo groups is 1. The maximum atomic E-state index is 8.24. The third-order valence-corrected chi connectivity index (χ3v) is 1.81. The second-order valence-corrected chi connectivity index (χ2v) is 2.96. The molecule has 0 radical (unpaired) electrons. The van der Waals surface area contributed by atoms with Gasteiger partial charge >= 0.3 is 5.08 Å². The van der Waals surface area contributed by atoms with E-state index in [1.54, 1.807) is 5.01 Å². The fourth-order valence-corrected chi connectivity index (χ4v) is 0.967. The van der Waals surface area contributed by atoms with Crippen LogP contribution < -0.4 is 5.73 Å². The Morgan fingerprint density at radius 3 is 2.08 bits per heavy atom. The molecule has 0 aromatic rings. The van der Waals surface area contributed by atoms with Crippen molar-refractivity contribution in [3.8, 4) is 0 Å². The quantitative estimate of drug-likeness (QED) is 0.597. The van der Waals surface area contributed by atoms with E-state index in [0.717, 1.165) is 19.6 Å². The third kappa shape index (κ3) is 5.93. The van der Waals surface area contributed by atoms with Crippen LogP contribution in [-0.4, -0.2) is 24.6 Å². The minimum atomic E-state index is 0.927. The van der Waals surface area contributed by atoms with Crippen molar-refractivity contribution in [2.45, 2.75) is 32.6 Å². The van der Waals surface area contributed by atoms with E-state index in [9.17, 15) is 0 Å². The summed E-state index contributed by atoms with van der Waals surface area (Å²) in [6.07, 6.45) is 4.83. The van der Waals surface area contributed by atoms with Gasteiger partial charge < -0.3 is 5.73 Å². The van der Waals surface area contributed by atoms with Crippen LogP contribution in [0.25, 0.3) is 5.08 Å². The first-order chi connectivity index (χ1) is 5.85. The molecule has 0 aromatic carbocycles. The summed E-state index contributed by atoms with van der Waals surface area (Å²) in [5, 5.41) is 13.0. The van der Waals surface area contributed by atoms with Gasteiger partial charge in [0.1, 0.15) is 0 Å². The maximum Gasteiger partial charge on any atom is 0.305 e. The first kappa shape index (κ1) is 11.2. The van der Waals surface area contributed by atoms with Gasteiger partial charge in [-0.2, -0.15) is 0 Å². The van der Waals surface area contributed by atoms with Gasteiger partial charge in [0.2, 0.25) is 0 Å². The van der Waals surface area contributed by atoms with Crippen LogP contribution >= 0.6 is 0 Å². The molecule has 4 heteroatoms. The first-order valence-electron chi connectivity index (χ1n) is 4.74. The molecule has 1 aliphatic heterocycles. The highest BCUT2D eigenvalue weighted by Gasteiger charge is 2.15. The van der Waals surface area contributed by atoms with Gasteiger partial charge in [-0.15, -0.1) is 0 Å². The van der Waals surface area contributed by atoms with Crippen LogP contribution in [0.3, 0.4) is 0 Å². The van der Waals surface area contributed by atoms with E-state index in [0.29, 0.717) is 0 Å². The zero-order valence-corrected chi connectivity index (χ0v) is 8.00. The summed E-state index contributed by atoms with van der Waals surface area (Å²) in [6, 6.07) is 0. The summed E-state index contributed by atoms with van der Waals surface area (Å²) in [4.78, 5) is 0. The van der Waals surface area contributed by atoms with Crippen molar-refractivity contribution in [1.29, 1.82) is 5.39 Å². The summed E-state index contributed by atoms with van der Waals surface area (Å²) in [5.74, 6) is 0. The normalized spacial score (nSPS) is 15.9. The highest BCUT2D eigenvalue weighted by Crippen LogP contribution is 2.07. The average Bonchev–Trinajstić information content (AvgIpc) is 2.19. The number of hydrogen-bond acceptors (Lipinski definition) is 2. The highest BCUT2D eigenvalue weighted by atomic mass is 15.5. The molecule has 0 bridgehead atoms. The molecule has 0 aromatic heterocycles. The van der Waals surface area contributed by atoms with Gasteiger partial charge in [0, 0.05) is 0 Å². The van der Waals surface area contributed by atoms with E-state index >= 15 is 0 Å². The predicted octanol–water partition coefficient (Wildman–Crippen LogP) is 0.879. The Labute approximate surface area is 74.3 Å². The fraction of sp³-hybridized carbons (Fsp3) is 1.00. The Morgan fingerprint density at radius 1 is 1.33 bits per heavy atom. The van der Waals surface area contributed by atoms with Crippen molar-refractivity contribution in [2.24, 2.45) is 0 Å². The van der Waals surface area contributed by atoms with Crippen molar-refractivity contribution < 1.29 is 5.73 Å². The number of hydrogen-bond donors (Lipinski definition) is 1. The van der Waals surface area contributed by atoms with Crippen LogP contribution in [0.1, 0.15) is 32.6 Å². The molecule has 3 N–H and O–H groups in total. The molecule has 0 unspecified atom stereocenters. The lowest BCUT2D eigenvalue weighted by Crippen LogP contribution is -2.49. The average molecular weight is 172 g/mol. The second kappa shape index (κ2) is 8.28.